The van der Waals surface area contributed by atoms with Crippen LogP contribution in [0.1, 0.15) is 36.3 Å². The molecule has 1 aliphatic rings. The summed E-state index contributed by atoms with van der Waals surface area (Å²) in [5, 5.41) is 0. The molecule has 2 heteroatoms. The molecule has 0 amide bonds. The van der Waals surface area contributed by atoms with Crippen LogP contribution in [-0.4, -0.2) is 0 Å². The van der Waals surface area contributed by atoms with Gasteiger partial charge in [-0.15, -0.1) is 12.4 Å². The molecule has 0 saturated heterocycles. The summed E-state index contributed by atoms with van der Waals surface area (Å²) in [6.45, 7) is 0.687. The minimum atomic E-state index is 0. The van der Waals surface area contributed by atoms with Crippen molar-refractivity contribution >= 4 is 12.4 Å². The van der Waals surface area contributed by atoms with Gasteiger partial charge in [0.15, 0.2) is 0 Å². The Hall–Kier alpha value is -0.530. The number of hydrogen-bond acceptors (Lipinski definition) is 1. The average molecular weight is 198 g/mol. The lowest BCUT2D eigenvalue weighted by Gasteiger charge is -2.27. The van der Waals surface area contributed by atoms with E-state index in [2.05, 4.69) is 24.3 Å². The van der Waals surface area contributed by atoms with Crippen LogP contribution in [0.4, 0.5) is 0 Å². The van der Waals surface area contributed by atoms with Gasteiger partial charge in [-0.2, -0.15) is 0 Å². The van der Waals surface area contributed by atoms with Gasteiger partial charge in [-0.1, -0.05) is 30.7 Å². The predicted molar refractivity (Wildman–Crippen MR) is 58.2 cm³/mol. The van der Waals surface area contributed by atoms with Crippen LogP contribution in [0.25, 0.3) is 0 Å². The minimum absolute atomic E-state index is 0. The molecule has 1 saturated carbocycles. The zero-order valence-electron chi connectivity index (χ0n) is 7.70. The molecule has 1 aromatic rings. The van der Waals surface area contributed by atoms with Crippen LogP contribution in [0.3, 0.4) is 0 Å². The molecule has 13 heavy (non-hydrogen) atoms. The minimum Gasteiger partial charge on any atom is -0.326 e. The first-order valence-corrected chi connectivity index (χ1v) is 4.69. The van der Waals surface area contributed by atoms with E-state index < -0.39 is 0 Å². The Morgan fingerprint density at radius 3 is 2.46 bits per heavy atom. The van der Waals surface area contributed by atoms with E-state index in [1.54, 1.807) is 0 Å². The van der Waals surface area contributed by atoms with E-state index in [4.69, 9.17) is 5.73 Å². The van der Waals surface area contributed by atoms with Gasteiger partial charge < -0.3 is 5.73 Å². The smallest absolute Gasteiger partial charge is 0.0180 e. The highest BCUT2D eigenvalue weighted by molar-refractivity contribution is 5.85. The number of hydrogen-bond donors (Lipinski definition) is 1. The van der Waals surface area contributed by atoms with Gasteiger partial charge in [0.2, 0.25) is 0 Å². The lowest BCUT2D eigenvalue weighted by atomic mass is 9.78. The SMILES string of the molecule is Cl.NCc1ccccc1C1CCC1. The summed E-state index contributed by atoms with van der Waals surface area (Å²) in [4.78, 5) is 0. The Morgan fingerprint density at radius 1 is 1.23 bits per heavy atom. The zero-order valence-corrected chi connectivity index (χ0v) is 8.52. The summed E-state index contributed by atoms with van der Waals surface area (Å²) in [7, 11) is 0. The Labute approximate surface area is 85.7 Å². The third-order valence-electron chi connectivity index (χ3n) is 2.82. The van der Waals surface area contributed by atoms with Crippen molar-refractivity contribution in [2.75, 3.05) is 0 Å². The zero-order chi connectivity index (χ0) is 8.39. The Bertz CT molecular complexity index is 269. The standard InChI is InChI=1S/C11H15N.ClH/c12-8-10-4-1-2-7-11(10)9-5-3-6-9;/h1-2,4,7,9H,3,5-6,8,12H2;1H. The largest absolute Gasteiger partial charge is 0.326 e. The summed E-state index contributed by atoms with van der Waals surface area (Å²) in [5.41, 5.74) is 8.49. The molecule has 0 heterocycles. The van der Waals surface area contributed by atoms with Gasteiger partial charge in [0.1, 0.15) is 0 Å². The van der Waals surface area contributed by atoms with Crippen LogP contribution < -0.4 is 5.73 Å². The van der Waals surface area contributed by atoms with Crippen molar-refractivity contribution in [3.05, 3.63) is 35.4 Å². The third-order valence-corrected chi connectivity index (χ3v) is 2.82. The molecular formula is C11H16ClN. The van der Waals surface area contributed by atoms with Gasteiger partial charge in [0, 0.05) is 6.54 Å². The molecule has 0 spiro atoms. The van der Waals surface area contributed by atoms with Crippen molar-refractivity contribution < 1.29 is 0 Å². The average Bonchev–Trinajstić information content (AvgIpc) is 2.02. The molecule has 0 aromatic heterocycles. The number of rotatable bonds is 2. The monoisotopic (exact) mass is 197 g/mol. The Morgan fingerprint density at radius 2 is 1.92 bits per heavy atom. The normalized spacial score (nSPS) is 16.1. The fourth-order valence-electron chi connectivity index (χ4n) is 1.84. The molecule has 0 atom stereocenters. The molecule has 2 N–H and O–H groups in total. The van der Waals surface area contributed by atoms with Gasteiger partial charge >= 0.3 is 0 Å². The van der Waals surface area contributed by atoms with Crippen molar-refractivity contribution in [3.8, 4) is 0 Å². The third kappa shape index (κ3) is 2.04. The second-order valence-corrected chi connectivity index (χ2v) is 3.53. The molecular weight excluding hydrogens is 182 g/mol. The van der Waals surface area contributed by atoms with Crippen molar-refractivity contribution in [1.29, 1.82) is 0 Å². The number of benzene rings is 1. The molecule has 0 aliphatic heterocycles. The van der Waals surface area contributed by atoms with E-state index in [9.17, 15) is 0 Å². The Kier molecular flexibility index (Phi) is 3.76. The van der Waals surface area contributed by atoms with Crippen LogP contribution in [0.2, 0.25) is 0 Å². The Balaban J connectivity index is 0.000000845. The topological polar surface area (TPSA) is 26.0 Å². The van der Waals surface area contributed by atoms with Crippen LogP contribution in [-0.2, 0) is 6.54 Å². The molecule has 0 unspecified atom stereocenters. The summed E-state index contributed by atoms with van der Waals surface area (Å²) in [6, 6.07) is 8.57. The maximum atomic E-state index is 5.67. The highest BCUT2D eigenvalue weighted by atomic mass is 35.5. The highest BCUT2D eigenvalue weighted by Crippen LogP contribution is 2.37. The quantitative estimate of drug-likeness (QED) is 0.776. The van der Waals surface area contributed by atoms with Crippen molar-refractivity contribution in [2.24, 2.45) is 5.73 Å². The summed E-state index contributed by atoms with van der Waals surface area (Å²) >= 11 is 0. The molecule has 1 aliphatic carbocycles. The van der Waals surface area contributed by atoms with Crippen LogP contribution in [0, 0.1) is 0 Å². The number of halogens is 1. The fraction of sp³-hybridized carbons (Fsp3) is 0.455. The van der Waals surface area contributed by atoms with Gasteiger partial charge in [0.25, 0.3) is 0 Å². The first-order chi connectivity index (χ1) is 5.92. The van der Waals surface area contributed by atoms with Crippen LogP contribution in [0.5, 0.6) is 0 Å². The number of nitrogens with two attached hydrogens (primary N) is 1. The van der Waals surface area contributed by atoms with Gasteiger partial charge in [0.05, 0.1) is 0 Å². The first kappa shape index (κ1) is 10.6. The molecule has 1 nitrogen and oxygen atoms in total. The summed E-state index contributed by atoms with van der Waals surface area (Å²) < 4.78 is 0. The van der Waals surface area contributed by atoms with E-state index >= 15 is 0 Å². The van der Waals surface area contributed by atoms with Crippen molar-refractivity contribution in [2.45, 2.75) is 31.7 Å². The van der Waals surface area contributed by atoms with Gasteiger partial charge in [-0.3, -0.25) is 0 Å². The summed E-state index contributed by atoms with van der Waals surface area (Å²) in [5.74, 6) is 0.810. The lowest BCUT2D eigenvalue weighted by molar-refractivity contribution is 0.417. The van der Waals surface area contributed by atoms with Gasteiger partial charge in [-0.05, 0) is 29.9 Å². The molecule has 72 valence electrons. The van der Waals surface area contributed by atoms with Crippen LogP contribution >= 0.6 is 12.4 Å². The maximum absolute atomic E-state index is 5.67. The molecule has 0 bridgehead atoms. The first-order valence-electron chi connectivity index (χ1n) is 4.69. The lowest BCUT2D eigenvalue weighted by Crippen LogP contribution is -2.12. The van der Waals surface area contributed by atoms with E-state index in [0.29, 0.717) is 6.54 Å². The fourth-order valence-corrected chi connectivity index (χ4v) is 1.84. The maximum Gasteiger partial charge on any atom is 0.0180 e. The molecule has 1 aromatic carbocycles. The second-order valence-electron chi connectivity index (χ2n) is 3.53. The van der Waals surface area contributed by atoms with E-state index in [0.717, 1.165) is 5.92 Å². The predicted octanol–water partition coefficient (Wildman–Crippen LogP) is 2.83. The molecule has 2 rings (SSSR count). The van der Waals surface area contributed by atoms with Gasteiger partial charge in [-0.25, -0.2) is 0 Å². The second kappa shape index (κ2) is 4.64. The van der Waals surface area contributed by atoms with E-state index in [1.165, 1.54) is 30.4 Å². The highest BCUT2D eigenvalue weighted by Gasteiger charge is 2.20. The molecule has 1 fully saturated rings. The van der Waals surface area contributed by atoms with Crippen LogP contribution in [0.15, 0.2) is 24.3 Å². The van der Waals surface area contributed by atoms with E-state index in [-0.39, 0.29) is 12.4 Å². The summed E-state index contributed by atoms with van der Waals surface area (Å²) in [6.07, 6.45) is 4.11. The van der Waals surface area contributed by atoms with Crippen molar-refractivity contribution in [1.82, 2.24) is 0 Å². The van der Waals surface area contributed by atoms with E-state index in [1.807, 2.05) is 0 Å². The van der Waals surface area contributed by atoms with Crippen molar-refractivity contribution in [3.63, 3.8) is 0 Å². The molecule has 0 radical (unpaired) electrons.